The van der Waals surface area contributed by atoms with Gasteiger partial charge in [0, 0.05) is 12.3 Å². The fourth-order valence-electron chi connectivity index (χ4n) is 5.65. The molecule has 38 heavy (non-hydrogen) atoms. The molecule has 3 N–H and O–H groups in total. The SMILES string of the molecule is C[C@H]1C=C2C=C[C@H](C)[C@H](CC[C@@H]3C[C@@H](O[Si](C)(C)C(C)(C)C)CC(=O)O3)[C@H]2[C@@H](OC(=O)NCP(=O)(O)O)C1. The van der Waals surface area contributed by atoms with E-state index < -0.39 is 34.4 Å². The predicted octanol–water partition coefficient (Wildman–Crippen LogP) is 5.50. The van der Waals surface area contributed by atoms with Gasteiger partial charge in [0.1, 0.15) is 18.5 Å². The molecule has 9 nitrogen and oxygen atoms in total. The van der Waals surface area contributed by atoms with E-state index in [0.717, 1.165) is 12.0 Å². The number of nitrogens with one attached hydrogen (secondary N) is 1. The zero-order valence-corrected chi connectivity index (χ0v) is 25.7. The van der Waals surface area contributed by atoms with Gasteiger partial charge in [-0.3, -0.25) is 9.36 Å². The Morgan fingerprint density at radius 2 is 1.89 bits per heavy atom. The first-order chi connectivity index (χ1) is 17.4. The zero-order valence-electron chi connectivity index (χ0n) is 23.8. The lowest BCUT2D eigenvalue weighted by atomic mass is 9.65. The van der Waals surface area contributed by atoms with Gasteiger partial charge < -0.3 is 29.0 Å². The Labute approximate surface area is 228 Å². The van der Waals surface area contributed by atoms with Gasteiger partial charge in [-0.15, -0.1) is 0 Å². The van der Waals surface area contributed by atoms with Crippen molar-refractivity contribution in [2.45, 2.75) is 103 Å². The monoisotopic (exact) mass is 571 g/mol. The Kier molecular flexibility index (Phi) is 9.79. The first-order valence-electron chi connectivity index (χ1n) is 13.7. The number of alkyl carbamates (subject to hydrolysis) is 1. The lowest BCUT2D eigenvalue weighted by Crippen LogP contribution is -2.47. The lowest BCUT2D eigenvalue weighted by Gasteiger charge is -2.44. The normalized spacial score (nSPS) is 32.2. The summed E-state index contributed by atoms with van der Waals surface area (Å²) in [6.07, 6.45) is 7.26. The number of cyclic esters (lactones) is 1. The summed E-state index contributed by atoms with van der Waals surface area (Å²) in [5, 5.41) is 2.26. The molecule has 0 bridgehead atoms. The van der Waals surface area contributed by atoms with E-state index in [1.807, 2.05) is 0 Å². The number of hydrogen-bond donors (Lipinski definition) is 3. The molecule has 216 valence electrons. The molecule has 1 aliphatic heterocycles. The molecule has 1 saturated heterocycles. The summed E-state index contributed by atoms with van der Waals surface area (Å²) in [7, 11) is -6.40. The van der Waals surface area contributed by atoms with E-state index in [2.05, 4.69) is 71.3 Å². The molecule has 0 radical (unpaired) electrons. The Morgan fingerprint density at radius 1 is 1.21 bits per heavy atom. The summed E-state index contributed by atoms with van der Waals surface area (Å²) < 4.78 is 29.2. The molecule has 0 aromatic carbocycles. The fourth-order valence-corrected chi connectivity index (χ4v) is 7.35. The molecule has 1 heterocycles. The maximum absolute atomic E-state index is 12.5. The van der Waals surface area contributed by atoms with Crippen molar-refractivity contribution in [3.05, 3.63) is 23.8 Å². The van der Waals surface area contributed by atoms with E-state index in [1.165, 1.54) is 0 Å². The van der Waals surface area contributed by atoms with Crippen molar-refractivity contribution < 1.29 is 37.8 Å². The smallest absolute Gasteiger partial charge is 0.407 e. The number of fused-ring (bicyclic) bond motifs is 1. The van der Waals surface area contributed by atoms with Crippen LogP contribution in [0.25, 0.3) is 0 Å². The van der Waals surface area contributed by atoms with Crippen LogP contribution in [0.3, 0.4) is 0 Å². The summed E-state index contributed by atoms with van der Waals surface area (Å²) in [5.41, 5.74) is 1.12. The molecule has 3 aliphatic rings. The van der Waals surface area contributed by atoms with E-state index in [1.54, 1.807) is 0 Å². The van der Waals surface area contributed by atoms with Gasteiger partial charge in [-0.2, -0.15) is 0 Å². The number of ether oxygens (including phenoxy) is 2. The molecule has 3 rings (SSSR count). The van der Waals surface area contributed by atoms with E-state index >= 15 is 0 Å². The van der Waals surface area contributed by atoms with Crippen molar-refractivity contribution in [1.29, 1.82) is 0 Å². The van der Waals surface area contributed by atoms with E-state index in [-0.39, 0.29) is 46.9 Å². The first-order valence-corrected chi connectivity index (χ1v) is 18.4. The second-order valence-electron chi connectivity index (χ2n) is 12.9. The molecule has 11 heteroatoms. The fraction of sp³-hybridized carbons (Fsp3) is 0.778. The van der Waals surface area contributed by atoms with Gasteiger partial charge in [0.15, 0.2) is 8.32 Å². The van der Waals surface area contributed by atoms with E-state index in [4.69, 9.17) is 23.7 Å². The van der Waals surface area contributed by atoms with Crippen molar-refractivity contribution >= 4 is 28.0 Å². The van der Waals surface area contributed by atoms with Crippen LogP contribution in [0.4, 0.5) is 4.79 Å². The molecule has 0 aromatic rings. The number of amides is 1. The lowest BCUT2D eigenvalue weighted by molar-refractivity contribution is -0.160. The Bertz CT molecular complexity index is 984. The molecular formula is C27H46NO8PSi. The Morgan fingerprint density at radius 3 is 2.53 bits per heavy atom. The molecule has 1 fully saturated rings. The van der Waals surface area contributed by atoms with Gasteiger partial charge in [0.25, 0.3) is 0 Å². The number of carbonyl (C=O) groups excluding carboxylic acids is 2. The molecule has 0 saturated carbocycles. The van der Waals surface area contributed by atoms with Crippen LogP contribution >= 0.6 is 7.60 Å². The summed E-state index contributed by atoms with van der Waals surface area (Å²) in [4.78, 5) is 43.1. The van der Waals surface area contributed by atoms with Crippen LogP contribution in [0.2, 0.25) is 18.1 Å². The number of hydrogen-bond acceptors (Lipinski definition) is 6. The van der Waals surface area contributed by atoms with Crippen molar-refractivity contribution in [3.8, 4) is 0 Å². The number of carbonyl (C=O) groups is 2. The topological polar surface area (TPSA) is 131 Å². The Balaban J connectivity index is 1.69. The van der Waals surface area contributed by atoms with Crippen LogP contribution in [0.15, 0.2) is 23.8 Å². The van der Waals surface area contributed by atoms with Crippen LogP contribution in [-0.2, 0) is 23.3 Å². The van der Waals surface area contributed by atoms with E-state index in [0.29, 0.717) is 25.7 Å². The molecule has 1 amide bonds. The highest BCUT2D eigenvalue weighted by atomic mass is 31.2. The van der Waals surface area contributed by atoms with Gasteiger partial charge in [0.05, 0.1) is 12.5 Å². The third-order valence-corrected chi connectivity index (χ3v) is 13.7. The third-order valence-electron chi connectivity index (χ3n) is 8.59. The summed E-state index contributed by atoms with van der Waals surface area (Å²) in [6, 6.07) is 0. The second-order valence-corrected chi connectivity index (χ2v) is 19.3. The van der Waals surface area contributed by atoms with Crippen LogP contribution in [-0.4, -0.2) is 54.8 Å². The zero-order chi connectivity index (χ0) is 28.5. The maximum Gasteiger partial charge on any atom is 0.407 e. The molecule has 0 aromatic heterocycles. The Hall–Kier alpha value is -1.45. The predicted molar refractivity (Wildman–Crippen MR) is 148 cm³/mol. The molecule has 7 atom stereocenters. The van der Waals surface area contributed by atoms with Gasteiger partial charge in [-0.25, -0.2) is 4.79 Å². The highest BCUT2D eigenvalue weighted by molar-refractivity contribution is 7.51. The van der Waals surface area contributed by atoms with Gasteiger partial charge >= 0.3 is 19.7 Å². The number of allylic oxidation sites excluding steroid dienone is 3. The van der Waals surface area contributed by atoms with Gasteiger partial charge in [0.2, 0.25) is 0 Å². The van der Waals surface area contributed by atoms with Crippen LogP contribution in [0.1, 0.15) is 66.7 Å². The van der Waals surface area contributed by atoms with Crippen molar-refractivity contribution in [3.63, 3.8) is 0 Å². The number of rotatable bonds is 8. The third kappa shape index (κ3) is 8.27. The second kappa shape index (κ2) is 12.0. The summed E-state index contributed by atoms with van der Waals surface area (Å²) >= 11 is 0. The minimum atomic E-state index is -4.38. The highest BCUT2D eigenvalue weighted by Crippen LogP contribution is 2.45. The van der Waals surface area contributed by atoms with Gasteiger partial charge in [-0.05, 0) is 60.7 Å². The van der Waals surface area contributed by atoms with Crippen LogP contribution in [0.5, 0.6) is 0 Å². The average molecular weight is 572 g/mol. The highest BCUT2D eigenvalue weighted by Gasteiger charge is 2.44. The van der Waals surface area contributed by atoms with Crippen molar-refractivity contribution in [2.24, 2.45) is 23.7 Å². The standard InChI is InChI=1S/C27H46NO8PSi/c1-17-12-19-9-8-18(2)22(25(19)23(13-17)35-26(30)28-16-37(31,32)33)11-10-20-14-21(15-24(29)34-20)36-38(6,7)27(3,4)5/h8-9,12,17-18,20-23,25H,10-11,13-16H2,1-7H3,(H,28,30)(H2,31,32,33)/t17-,18-,20+,21+,22-,23-,25-/m0/s1. The quantitative estimate of drug-likeness (QED) is 0.198. The molecular weight excluding hydrogens is 525 g/mol. The molecule has 2 aliphatic carbocycles. The summed E-state index contributed by atoms with van der Waals surface area (Å²) in [5.74, 6) is 0.348. The van der Waals surface area contributed by atoms with Crippen molar-refractivity contribution in [2.75, 3.05) is 6.29 Å². The minimum Gasteiger partial charge on any atom is -0.462 e. The van der Waals surface area contributed by atoms with Crippen LogP contribution < -0.4 is 5.32 Å². The largest absolute Gasteiger partial charge is 0.462 e. The first kappa shape index (κ1) is 31.1. The summed E-state index contributed by atoms with van der Waals surface area (Å²) in [6.45, 7) is 15.2. The van der Waals surface area contributed by atoms with Gasteiger partial charge in [-0.1, -0.05) is 52.8 Å². The maximum atomic E-state index is 12.5. The van der Waals surface area contributed by atoms with Crippen molar-refractivity contribution in [1.82, 2.24) is 5.32 Å². The minimum absolute atomic E-state index is 0.0365. The average Bonchev–Trinajstić information content (AvgIpc) is 2.75. The molecule has 0 unspecified atom stereocenters. The number of esters is 1. The molecule has 0 spiro atoms. The van der Waals surface area contributed by atoms with Crippen LogP contribution in [0, 0.1) is 23.7 Å². The van der Waals surface area contributed by atoms with E-state index in [9.17, 15) is 14.2 Å².